The van der Waals surface area contributed by atoms with Gasteiger partial charge in [0.05, 0.1) is 0 Å². The van der Waals surface area contributed by atoms with Crippen molar-refractivity contribution in [1.82, 2.24) is 4.90 Å². The number of hydrogen-bond donors (Lipinski definition) is 1. The second kappa shape index (κ2) is 5.76. The highest BCUT2D eigenvalue weighted by Crippen LogP contribution is 2.21. The average Bonchev–Trinajstić information content (AvgIpc) is 2.89. The van der Waals surface area contributed by atoms with Gasteiger partial charge in [0.25, 0.3) is 0 Å². The number of carbonyl (C=O) groups excluding carboxylic acids is 1. The number of nitrogen functional groups attached to an aromatic ring is 1. The van der Waals surface area contributed by atoms with Crippen molar-refractivity contribution in [2.45, 2.75) is 26.2 Å². The molecule has 0 saturated carbocycles. The molecule has 18 heavy (non-hydrogen) atoms. The third-order valence-electron chi connectivity index (χ3n) is 3.24. The highest BCUT2D eigenvalue weighted by Gasteiger charge is 2.24. The van der Waals surface area contributed by atoms with Gasteiger partial charge >= 0.3 is 6.03 Å². The monoisotopic (exact) mass is 247 g/mol. The number of likely N-dealkylation sites (tertiary alicyclic amines) is 1. The van der Waals surface area contributed by atoms with Crippen LogP contribution in [0, 0.1) is 0 Å². The summed E-state index contributed by atoms with van der Waals surface area (Å²) in [7, 11) is 0. The van der Waals surface area contributed by atoms with Crippen LogP contribution in [0.25, 0.3) is 0 Å². The van der Waals surface area contributed by atoms with E-state index in [2.05, 4.69) is 6.92 Å². The molecule has 1 saturated heterocycles. The molecule has 0 bridgehead atoms. The van der Waals surface area contributed by atoms with E-state index < -0.39 is 0 Å². The molecule has 0 spiro atoms. The van der Waals surface area contributed by atoms with Crippen LogP contribution in [0.15, 0.2) is 24.3 Å². The van der Waals surface area contributed by atoms with Crippen molar-refractivity contribution in [3.8, 4) is 0 Å². The largest absolute Gasteiger partial charge is 0.399 e. The van der Waals surface area contributed by atoms with E-state index in [1.165, 1.54) is 0 Å². The lowest BCUT2D eigenvalue weighted by Gasteiger charge is -2.27. The Morgan fingerprint density at radius 2 is 2.11 bits per heavy atom. The molecule has 2 rings (SSSR count). The Morgan fingerprint density at radius 1 is 1.39 bits per heavy atom. The number of nitrogens with two attached hydrogens (primary N) is 1. The van der Waals surface area contributed by atoms with Crippen molar-refractivity contribution in [2.75, 3.05) is 30.3 Å². The van der Waals surface area contributed by atoms with Gasteiger partial charge in [-0.15, -0.1) is 0 Å². The zero-order chi connectivity index (χ0) is 13.0. The SMILES string of the molecule is CCCN(C(=O)N1CCCC1)c1cccc(N)c1. The number of urea groups is 1. The quantitative estimate of drug-likeness (QED) is 0.835. The molecular weight excluding hydrogens is 226 g/mol. The van der Waals surface area contributed by atoms with E-state index >= 15 is 0 Å². The Labute approximate surface area is 108 Å². The van der Waals surface area contributed by atoms with Crippen molar-refractivity contribution in [2.24, 2.45) is 0 Å². The van der Waals surface area contributed by atoms with Gasteiger partial charge in [-0.25, -0.2) is 4.79 Å². The molecule has 1 fully saturated rings. The first kappa shape index (κ1) is 12.7. The molecule has 1 aliphatic heterocycles. The van der Waals surface area contributed by atoms with Gasteiger partial charge in [-0.2, -0.15) is 0 Å². The van der Waals surface area contributed by atoms with E-state index in [4.69, 9.17) is 5.73 Å². The number of benzene rings is 1. The lowest BCUT2D eigenvalue weighted by Crippen LogP contribution is -2.42. The molecule has 2 amide bonds. The summed E-state index contributed by atoms with van der Waals surface area (Å²) in [6.07, 6.45) is 3.17. The Morgan fingerprint density at radius 3 is 2.72 bits per heavy atom. The van der Waals surface area contributed by atoms with Gasteiger partial charge in [0.2, 0.25) is 0 Å². The maximum absolute atomic E-state index is 12.5. The van der Waals surface area contributed by atoms with Crippen molar-refractivity contribution >= 4 is 17.4 Å². The van der Waals surface area contributed by atoms with Gasteiger partial charge in [0.15, 0.2) is 0 Å². The fourth-order valence-electron chi connectivity index (χ4n) is 2.33. The first-order valence-electron chi connectivity index (χ1n) is 6.64. The van der Waals surface area contributed by atoms with Crippen LogP contribution in [0.4, 0.5) is 16.2 Å². The van der Waals surface area contributed by atoms with E-state index in [9.17, 15) is 4.79 Å². The second-order valence-electron chi connectivity index (χ2n) is 4.72. The predicted molar refractivity (Wildman–Crippen MR) is 74.7 cm³/mol. The molecule has 0 unspecified atom stereocenters. The van der Waals surface area contributed by atoms with E-state index in [1.807, 2.05) is 34.1 Å². The van der Waals surface area contributed by atoms with Crippen LogP contribution in [0.5, 0.6) is 0 Å². The Hall–Kier alpha value is -1.71. The normalized spacial score (nSPS) is 14.8. The molecule has 98 valence electrons. The summed E-state index contributed by atoms with van der Waals surface area (Å²) in [5.74, 6) is 0. The Kier molecular flexibility index (Phi) is 4.07. The van der Waals surface area contributed by atoms with Crippen molar-refractivity contribution in [3.05, 3.63) is 24.3 Å². The lowest BCUT2D eigenvalue weighted by molar-refractivity contribution is 0.215. The maximum atomic E-state index is 12.5. The summed E-state index contributed by atoms with van der Waals surface area (Å²) in [4.78, 5) is 16.2. The molecule has 1 aromatic rings. The number of amides is 2. The van der Waals surface area contributed by atoms with Crippen LogP contribution in [0.2, 0.25) is 0 Å². The zero-order valence-corrected chi connectivity index (χ0v) is 10.9. The first-order chi connectivity index (χ1) is 8.72. The van der Waals surface area contributed by atoms with Crippen LogP contribution in [0.1, 0.15) is 26.2 Å². The average molecular weight is 247 g/mol. The highest BCUT2D eigenvalue weighted by atomic mass is 16.2. The number of nitrogens with zero attached hydrogens (tertiary/aromatic N) is 2. The third kappa shape index (κ3) is 2.75. The van der Waals surface area contributed by atoms with Crippen molar-refractivity contribution < 1.29 is 4.79 Å². The zero-order valence-electron chi connectivity index (χ0n) is 10.9. The van der Waals surface area contributed by atoms with Crippen LogP contribution >= 0.6 is 0 Å². The minimum absolute atomic E-state index is 0.111. The minimum atomic E-state index is 0.111. The molecule has 4 nitrogen and oxygen atoms in total. The number of rotatable bonds is 3. The van der Waals surface area contributed by atoms with Gasteiger partial charge in [0.1, 0.15) is 0 Å². The molecule has 1 aromatic carbocycles. The topological polar surface area (TPSA) is 49.6 Å². The minimum Gasteiger partial charge on any atom is -0.399 e. The molecule has 1 aliphatic rings. The van der Waals surface area contributed by atoms with Crippen LogP contribution in [0.3, 0.4) is 0 Å². The van der Waals surface area contributed by atoms with Crippen molar-refractivity contribution in [3.63, 3.8) is 0 Å². The highest BCUT2D eigenvalue weighted by molar-refractivity contribution is 5.92. The molecule has 1 heterocycles. The van der Waals surface area contributed by atoms with Gasteiger partial charge in [0, 0.05) is 31.0 Å². The summed E-state index contributed by atoms with van der Waals surface area (Å²) in [5.41, 5.74) is 7.39. The van der Waals surface area contributed by atoms with Gasteiger partial charge in [-0.3, -0.25) is 4.90 Å². The van der Waals surface area contributed by atoms with Crippen LogP contribution in [-0.4, -0.2) is 30.6 Å². The molecule has 0 aliphatic carbocycles. The molecule has 0 aromatic heterocycles. The standard InChI is InChI=1S/C14H21N3O/c1-2-8-17(13-7-5-6-12(15)11-13)14(18)16-9-3-4-10-16/h5-7,11H,2-4,8-10,15H2,1H3. The lowest BCUT2D eigenvalue weighted by atomic mass is 10.2. The van der Waals surface area contributed by atoms with Gasteiger partial charge in [-0.1, -0.05) is 13.0 Å². The van der Waals surface area contributed by atoms with E-state index in [-0.39, 0.29) is 6.03 Å². The number of anilines is 2. The summed E-state index contributed by atoms with van der Waals surface area (Å²) < 4.78 is 0. The summed E-state index contributed by atoms with van der Waals surface area (Å²) in [6.45, 7) is 4.57. The second-order valence-corrected chi connectivity index (χ2v) is 4.72. The van der Waals surface area contributed by atoms with Gasteiger partial charge < -0.3 is 10.6 Å². The Bertz CT molecular complexity index is 413. The predicted octanol–water partition coefficient (Wildman–Crippen LogP) is 2.70. The first-order valence-corrected chi connectivity index (χ1v) is 6.64. The fourth-order valence-corrected chi connectivity index (χ4v) is 2.33. The number of carbonyl (C=O) groups is 1. The Balaban J connectivity index is 2.19. The number of hydrogen-bond acceptors (Lipinski definition) is 2. The van der Waals surface area contributed by atoms with Crippen molar-refractivity contribution in [1.29, 1.82) is 0 Å². The summed E-state index contributed by atoms with van der Waals surface area (Å²) >= 11 is 0. The summed E-state index contributed by atoms with van der Waals surface area (Å²) in [5, 5.41) is 0. The molecule has 0 atom stereocenters. The molecule has 4 heteroatoms. The maximum Gasteiger partial charge on any atom is 0.324 e. The smallest absolute Gasteiger partial charge is 0.324 e. The van der Waals surface area contributed by atoms with E-state index in [0.29, 0.717) is 5.69 Å². The van der Waals surface area contributed by atoms with Crippen LogP contribution < -0.4 is 10.6 Å². The summed E-state index contributed by atoms with van der Waals surface area (Å²) in [6, 6.07) is 7.65. The van der Waals surface area contributed by atoms with E-state index in [1.54, 1.807) is 0 Å². The van der Waals surface area contributed by atoms with Gasteiger partial charge in [-0.05, 0) is 37.5 Å². The van der Waals surface area contributed by atoms with E-state index in [0.717, 1.165) is 44.6 Å². The third-order valence-corrected chi connectivity index (χ3v) is 3.24. The van der Waals surface area contributed by atoms with Crippen LogP contribution in [-0.2, 0) is 0 Å². The molecular formula is C14H21N3O. The fraction of sp³-hybridized carbons (Fsp3) is 0.500. The molecule has 0 radical (unpaired) electrons. The molecule has 2 N–H and O–H groups in total.